The summed E-state index contributed by atoms with van der Waals surface area (Å²) in [7, 11) is 0. The number of nitrogens with one attached hydrogen (secondary N) is 1. The molecule has 154 valence electrons. The summed E-state index contributed by atoms with van der Waals surface area (Å²) in [4.78, 5) is 2.76. The minimum absolute atomic E-state index is 0.392. The topological polar surface area (TPSA) is 15.3 Å². The van der Waals surface area contributed by atoms with Gasteiger partial charge in [-0.3, -0.25) is 4.90 Å². The highest BCUT2D eigenvalue weighted by atomic mass is 127. The Morgan fingerprint density at radius 2 is 1.37 bits per heavy atom. The van der Waals surface area contributed by atoms with Gasteiger partial charge in [-0.15, -0.1) is 0 Å². The molecule has 0 aromatic heterocycles. The van der Waals surface area contributed by atoms with Crippen LogP contribution < -0.4 is 5.32 Å². The van der Waals surface area contributed by atoms with Crippen molar-refractivity contribution in [1.82, 2.24) is 10.2 Å². The van der Waals surface area contributed by atoms with Gasteiger partial charge < -0.3 is 5.32 Å². The number of piperidine rings is 3. The van der Waals surface area contributed by atoms with Crippen LogP contribution in [0.25, 0.3) is 0 Å². The normalized spacial score (nSPS) is 25.5. The van der Waals surface area contributed by atoms with Crippen LogP contribution in [0.5, 0.6) is 0 Å². The lowest BCUT2D eigenvalue weighted by atomic mass is 9.70. The zero-order valence-corrected chi connectivity index (χ0v) is 19.4. The molecule has 0 saturated carbocycles. The molecule has 0 spiro atoms. The lowest BCUT2D eigenvalue weighted by Gasteiger charge is -2.54. The van der Waals surface area contributed by atoms with E-state index in [4.69, 9.17) is 0 Å². The maximum Gasteiger partial charge on any atom is 0.0361 e. The summed E-state index contributed by atoms with van der Waals surface area (Å²) >= 11 is 2.46. The summed E-state index contributed by atoms with van der Waals surface area (Å²) in [6, 6.07) is 32.1. The molecule has 0 aliphatic carbocycles. The van der Waals surface area contributed by atoms with Crippen LogP contribution in [0.1, 0.15) is 35.4 Å². The number of fused-ring (bicyclic) bond motifs is 3. The molecule has 3 heterocycles. The quantitative estimate of drug-likeness (QED) is 0.432. The number of halogens is 1. The summed E-state index contributed by atoms with van der Waals surface area (Å²) < 4.78 is 1.35. The Morgan fingerprint density at radius 3 is 1.97 bits per heavy atom. The fourth-order valence-corrected chi connectivity index (χ4v) is 6.14. The number of rotatable bonds is 6. The van der Waals surface area contributed by atoms with Crippen LogP contribution in [0.3, 0.4) is 0 Å². The van der Waals surface area contributed by atoms with Crippen LogP contribution in [0, 0.1) is 9.49 Å². The average Bonchev–Trinajstić information content (AvgIpc) is 2.81. The predicted molar refractivity (Wildman–Crippen MR) is 133 cm³/mol. The van der Waals surface area contributed by atoms with Crippen LogP contribution in [0.4, 0.5) is 0 Å². The van der Waals surface area contributed by atoms with Gasteiger partial charge >= 0.3 is 0 Å². The fraction of sp³-hybridized carbons (Fsp3) is 0.333. The van der Waals surface area contributed by atoms with Crippen molar-refractivity contribution in [1.29, 1.82) is 0 Å². The smallest absolute Gasteiger partial charge is 0.0361 e. The van der Waals surface area contributed by atoms with Gasteiger partial charge in [0, 0.05) is 28.1 Å². The third-order valence-electron chi connectivity index (χ3n) is 7.02. The Morgan fingerprint density at radius 1 is 0.800 bits per heavy atom. The van der Waals surface area contributed by atoms with Crippen molar-refractivity contribution < 1.29 is 0 Å². The highest BCUT2D eigenvalue weighted by Gasteiger charge is 2.46. The number of nitrogens with zero attached hydrogens (tertiary/aromatic N) is 1. The molecule has 6 rings (SSSR count). The Hall–Kier alpha value is -1.69. The molecule has 0 radical (unpaired) electrons. The zero-order chi connectivity index (χ0) is 20.3. The molecule has 1 N–H and O–H groups in total. The van der Waals surface area contributed by atoms with E-state index < -0.39 is 0 Å². The number of hydrogen-bond acceptors (Lipinski definition) is 2. The Labute approximate surface area is 193 Å². The Bertz CT molecular complexity index is 911. The van der Waals surface area contributed by atoms with Crippen molar-refractivity contribution in [3.63, 3.8) is 0 Å². The summed E-state index contributed by atoms with van der Waals surface area (Å²) in [6.07, 6.45) is 2.63. The van der Waals surface area contributed by atoms with Crippen LogP contribution in [-0.4, -0.2) is 30.1 Å². The third-order valence-corrected chi connectivity index (χ3v) is 8.07. The van der Waals surface area contributed by atoms with Gasteiger partial charge in [-0.1, -0.05) is 78.9 Å². The molecule has 3 aliphatic rings. The van der Waals surface area contributed by atoms with E-state index in [9.17, 15) is 0 Å². The van der Waals surface area contributed by atoms with Gasteiger partial charge in [0.1, 0.15) is 0 Å². The van der Waals surface area contributed by atoms with Crippen molar-refractivity contribution in [2.75, 3.05) is 13.1 Å². The molecule has 0 amide bonds. The van der Waals surface area contributed by atoms with Crippen molar-refractivity contribution >= 4 is 22.6 Å². The molecule has 3 aliphatic heterocycles. The molecule has 0 unspecified atom stereocenters. The molecule has 3 fully saturated rings. The van der Waals surface area contributed by atoms with Gasteiger partial charge in [0.15, 0.2) is 0 Å². The molecule has 3 aromatic rings. The molecule has 3 saturated heterocycles. The van der Waals surface area contributed by atoms with Crippen molar-refractivity contribution in [2.24, 2.45) is 5.92 Å². The molecule has 2 bridgehead atoms. The Kier molecular flexibility index (Phi) is 6.21. The largest absolute Gasteiger partial charge is 0.308 e. The summed E-state index contributed by atoms with van der Waals surface area (Å²) in [5, 5.41) is 4.03. The molecule has 3 heteroatoms. The van der Waals surface area contributed by atoms with Crippen LogP contribution in [-0.2, 0) is 6.54 Å². The number of hydrogen-bond donors (Lipinski definition) is 1. The zero-order valence-electron chi connectivity index (χ0n) is 17.3. The van der Waals surface area contributed by atoms with Crippen molar-refractivity contribution in [2.45, 2.75) is 37.4 Å². The first kappa shape index (κ1) is 20.2. The summed E-state index contributed by atoms with van der Waals surface area (Å²) in [5.74, 6) is 1.15. The van der Waals surface area contributed by atoms with E-state index in [1.165, 1.54) is 46.2 Å². The average molecular weight is 508 g/mol. The predicted octanol–water partition coefficient (Wildman–Crippen LogP) is 5.68. The van der Waals surface area contributed by atoms with Crippen LogP contribution in [0.15, 0.2) is 84.9 Å². The van der Waals surface area contributed by atoms with E-state index in [1.807, 2.05) is 0 Å². The highest BCUT2D eigenvalue weighted by molar-refractivity contribution is 14.1. The van der Waals surface area contributed by atoms with E-state index in [0.717, 1.165) is 12.5 Å². The maximum absolute atomic E-state index is 4.03. The van der Waals surface area contributed by atoms with E-state index in [2.05, 4.69) is 118 Å². The van der Waals surface area contributed by atoms with Gasteiger partial charge in [0.25, 0.3) is 0 Å². The minimum Gasteiger partial charge on any atom is -0.308 e. The van der Waals surface area contributed by atoms with Crippen molar-refractivity contribution in [3.8, 4) is 0 Å². The van der Waals surface area contributed by atoms with E-state index >= 15 is 0 Å². The van der Waals surface area contributed by atoms with Gasteiger partial charge in [-0.05, 0) is 77.2 Å². The second-order valence-electron chi connectivity index (χ2n) is 8.66. The lowest BCUT2D eigenvalue weighted by molar-refractivity contribution is 0.00466. The SMILES string of the molecule is Ic1ccccc1CN[C@@H]1C2CCN(CC2)[C@@H]1C(c1ccccc1)c1ccccc1. The fourth-order valence-electron chi connectivity index (χ4n) is 5.57. The van der Waals surface area contributed by atoms with Crippen LogP contribution >= 0.6 is 22.6 Å². The van der Waals surface area contributed by atoms with Gasteiger partial charge in [-0.2, -0.15) is 0 Å². The molecule has 3 aromatic carbocycles. The molecular weight excluding hydrogens is 479 g/mol. The summed E-state index contributed by atoms with van der Waals surface area (Å²) in [6.45, 7) is 3.40. The van der Waals surface area contributed by atoms with E-state index in [-0.39, 0.29) is 0 Å². The first-order valence-electron chi connectivity index (χ1n) is 11.1. The maximum atomic E-state index is 4.03. The second-order valence-corrected chi connectivity index (χ2v) is 9.82. The number of benzene rings is 3. The minimum atomic E-state index is 0.392. The van der Waals surface area contributed by atoms with E-state index in [0.29, 0.717) is 18.0 Å². The monoisotopic (exact) mass is 508 g/mol. The van der Waals surface area contributed by atoms with Gasteiger partial charge in [-0.25, -0.2) is 0 Å². The third kappa shape index (κ3) is 4.08. The Balaban J connectivity index is 1.50. The van der Waals surface area contributed by atoms with Gasteiger partial charge in [0.2, 0.25) is 0 Å². The van der Waals surface area contributed by atoms with Crippen LogP contribution in [0.2, 0.25) is 0 Å². The first-order chi connectivity index (χ1) is 14.8. The molecular formula is C27H29IN2. The second kappa shape index (κ2) is 9.21. The molecule has 2 atom stereocenters. The molecule has 2 nitrogen and oxygen atoms in total. The summed E-state index contributed by atoms with van der Waals surface area (Å²) in [5.41, 5.74) is 4.27. The standard InChI is InChI=1S/C27H29IN2/c28-24-14-8-7-13-23(24)19-29-26-22-15-17-30(18-16-22)27(26)25(20-9-3-1-4-10-20)21-11-5-2-6-12-21/h1-14,22,25-27,29H,15-19H2/t26-,27-/m1/s1. The van der Waals surface area contributed by atoms with Crippen molar-refractivity contribution in [3.05, 3.63) is 105 Å². The first-order valence-corrected chi connectivity index (χ1v) is 12.2. The highest BCUT2D eigenvalue weighted by Crippen LogP contribution is 2.42. The van der Waals surface area contributed by atoms with E-state index in [1.54, 1.807) is 0 Å². The lowest BCUT2D eigenvalue weighted by Crippen LogP contribution is -2.64. The molecule has 30 heavy (non-hydrogen) atoms. The van der Waals surface area contributed by atoms with Gasteiger partial charge in [0.05, 0.1) is 0 Å².